The fourth-order valence-electron chi connectivity index (χ4n) is 1.81. The van der Waals surface area contributed by atoms with Crippen molar-refractivity contribution < 1.29 is 19.4 Å². The van der Waals surface area contributed by atoms with Gasteiger partial charge in [-0.05, 0) is 23.8 Å². The minimum atomic E-state index is 0.0647. The molecule has 0 radical (unpaired) electrons. The first kappa shape index (κ1) is 12.9. The summed E-state index contributed by atoms with van der Waals surface area (Å²) < 4.78 is 10.4. The van der Waals surface area contributed by atoms with E-state index in [1.54, 1.807) is 24.4 Å². The van der Waals surface area contributed by atoms with Gasteiger partial charge in [-0.15, -0.1) is 0 Å². The van der Waals surface area contributed by atoms with Crippen LogP contribution in [0.25, 0.3) is 11.1 Å². The number of nitrogens with zero attached hydrogens (tertiary/aromatic N) is 1. The second kappa shape index (κ2) is 5.39. The van der Waals surface area contributed by atoms with Crippen molar-refractivity contribution in [3.63, 3.8) is 0 Å². The van der Waals surface area contributed by atoms with Crippen LogP contribution in [0.1, 0.15) is 10.4 Å². The molecule has 0 saturated carbocycles. The number of carbonyl (C=O) groups excluding carboxylic acids is 1. The predicted molar refractivity (Wildman–Crippen MR) is 69.8 cm³/mol. The van der Waals surface area contributed by atoms with E-state index in [4.69, 9.17) is 9.47 Å². The monoisotopic (exact) mass is 259 g/mol. The number of aromatic hydroxyl groups is 1. The molecule has 0 bridgehead atoms. The highest BCUT2D eigenvalue weighted by Gasteiger charge is 2.13. The van der Waals surface area contributed by atoms with Crippen LogP contribution < -0.4 is 9.47 Å². The lowest BCUT2D eigenvalue weighted by Gasteiger charge is -2.12. The van der Waals surface area contributed by atoms with Gasteiger partial charge in [-0.2, -0.15) is 0 Å². The lowest BCUT2D eigenvalue weighted by Crippen LogP contribution is -1.96. The van der Waals surface area contributed by atoms with Gasteiger partial charge in [0, 0.05) is 11.8 Å². The number of carbonyl (C=O) groups is 1. The Morgan fingerprint density at radius 3 is 2.16 bits per heavy atom. The number of pyridine rings is 1. The first-order valence-electron chi connectivity index (χ1n) is 5.55. The molecule has 5 nitrogen and oxygen atoms in total. The van der Waals surface area contributed by atoms with Gasteiger partial charge in [0.2, 0.25) is 0 Å². The summed E-state index contributed by atoms with van der Waals surface area (Å²) >= 11 is 0. The van der Waals surface area contributed by atoms with Crippen molar-refractivity contribution in [2.24, 2.45) is 0 Å². The summed E-state index contributed by atoms with van der Waals surface area (Å²) in [5, 5.41) is 9.45. The van der Waals surface area contributed by atoms with E-state index < -0.39 is 0 Å². The standard InChI is InChI=1S/C14H13NO4/c1-18-13-4-9(5-14(19-2)12(13)8-16)10-3-11(17)7-15-6-10/h3-8,17H,1-2H3. The maximum Gasteiger partial charge on any atom is 0.157 e. The fourth-order valence-corrected chi connectivity index (χ4v) is 1.81. The molecule has 0 aliphatic carbocycles. The Hall–Kier alpha value is -2.56. The molecule has 19 heavy (non-hydrogen) atoms. The van der Waals surface area contributed by atoms with Crippen LogP contribution >= 0.6 is 0 Å². The summed E-state index contributed by atoms with van der Waals surface area (Å²) in [5.41, 5.74) is 1.79. The molecular weight excluding hydrogens is 246 g/mol. The Balaban J connectivity index is 2.62. The maximum absolute atomic E-state index is 11.1. The molecule has 1 aromatic carbocycles. The third-order valence-electron chi connectivity index (χ3n) is 2.72. The topological polar surface area (TPSA) is 68.7 Å². The molecule has 0 saturated heterocycles. The summed E-state index contributed by atoms with van der Waals surface area (Å²) in [6, 6.07) is 4.97. The fraction of sp³-hybridized carbons (Fsp3) is 0.143. The average molecular weight is 259 g/mol. The number of methoxy groups -OCH3 is 2. The van der Waals surface area contributed by atoms with E-state index >= 15 is 0 Å². The van der Waals surface area contributed by atoms with Crippen molar-refractivity contribution in [3.05, 3.63) is 36.2 Å². The van der Waals surface area contributed by atoms with E-state index in [0.29, 0.717) is 28.9 Å². The third kappa shape index (κ3) is 2.49. The largest absolute Gasteiger partial charge is 0.506 e. The summed E-state index contributed by atoms with van der Waals surface area (Å²) in [6.45, 7) is 0. The Kier molecular flexibility index (Phi) is 3.66. The highest BCUT2D eigenvalue weighted by molar-refractivity contribution is 5.86. The summed E-state index contributed by atoms with van der Waals surface area (Å²) in [6.07, 6.45) is 3.63. The van der Waals surface area contributed by atoms with E-state index in [9.17, 15) is 9.90 Å². The normalized spacial score (nSPS) is 10.0. The van der Waals surface area contributed by atoms with Crippen LogP contribution in [0.4, 0.5) is 0 Å². The Labute approximate surface area is 110 Å². The second-order valence-corrected chi connectivity index (χ2v) is 3.84. The highest BCUT2D eigenvalue weighted by Crippen LogP contribution is 2.34. The minimum absolute atomic E-state index is 0.0647. The van der Waals surface area contributed by atoms with E-state index in [1.165, 1.54) is 20.4 Å². The molecule has 0 spiro atoms. The zero-order chi connectivity index (χ0) is 13.8. The van der Waals surface area contributed by atoms with Gasteiger partial charge in [0.25, 0.3) is 0 Å². The van der Waals surface area contributed by atoms with Gasteiger partial charge < -0.3 is 14.6 Å². The number of hydrogen-bond acceptors (Lipinski definition) is 5. The molecule has 1 N–H and O–H groups in total. The Morgan fingerprint density at radius 2 is 1.68 bits per heavy atom. The summed E-state index contributed by atoms with van der Waals surface area (Å²) in [7, 11) is 2.96. The molecule has 98 valence electrons. The van der Waals surface area contributed by atoms with E-state index in [0.717, 1.165) is 5.56 Å². The van der Waals surface area contributed by atoms with Gasteiger partial charge in [0.05, 0.1) is 26.0 Å². The number of ether oxygens (including phenoxy) is 2. The van der Waals surface area contributed by atoms with Gasteiger partial charge >= 0.3 is 0 Å². The minimum Gasteiger partial charge on any atom is -0.506 e. The molecule has 0 fully saturated rings. The van der Waals surface area contributed by atoms with Crippen molar-refractivity contribution in [3.8, 4) is 28.4 Å². The first-order valence-corrected chi connectivity index (χ1v) is 5.55. The quantitative estimate of drug-likeness (QED) is 0.853. The van der Waals surface area contributed by atoms with E-state index in [1.807, 2.05) is 0 Å². The molecule has 0 unspecified atom stereocenters. The van der Waals surface area contributed by atoms with Crippen molar-refractivity contribution in [2.75, 3.05) is 14.2 Å². The average Bonchev–Trinajstić information content (AvgIpc) is 2.45. The van der Waals surface area contributed by atoms with Crippen LogP contribution in [-0.2, 0) is 0 Å². The van der Waals surface area contributed by atoms with Gasteiger partial charge in [-0.3, -0.25) is 9.78 Å². The summed E-state index contributed by atoms with van der Waals surface area (Å²) in [5.74, 6) is 0.885. The van der Waals surface area contributed by atoms with Gasteiger partial charge in [0.1, 0.15) is 17.2 Å². The zero-order valence-electron chi connectivity index (χ0n) is 10.6. The highest BCUT2D eigenvalue weighted by atomic mass is 16.5. The number of aromatic nitrogens is 1. The molecule has 0 aliphatic rings. The zero-order valence-corrected chi connectivity index (χ0v) is 10.6. The van der Waals surface area contributed by atoms with Crippen molar-refractivity contribution in [1.29, 1.82) is 0 Å². The van der Waals surface area contributed by atoms with Crippen molar-refractivity contribution in [2.45, 2.75) is 0 Å². The molecule has 1 heterocycles. The number of aldehydes is 1. The number of benzene rings is 1. The van der Waals surface area contributed by atoms with Crippen LogP contribution in [0.15, 0.2) is 30.6 Å². The number of rotatable bonds is 4. The predicted octanol–water partition coefficient (Wildman–Crippen LogP) is 2.28. The Bertz CT molecular complexity index is 585. The Morgan fingerprint density at radius 1 is 1.05 bits per heavy atom. The van der Waals surface area contributed by atoms with E-state index in [2.05, 4.69) is 4.98 Å². The van der Waals surface area contributed by atoms with Crippen LogP contribution in [0.5, 0.6) is 17.2 Å². The van der Waals surface area contributed by atoms with Gasteiger partial charge in [-0.25, -0.2) is 0 Å². The molecule has 2 rings (SSSR count). The lowest BCUT2D eigenvalue weighted by molar-refractivity contribution is 0.111. The second-order valence-electron chi connectivity index (χ2n) is 3.84. The molecule has 0 aliphatic heterocycles. The molecule has 1 aromatic heterocycles. The molecule has 0 amide bonds. The SMILES string of the molecule is COc1cc(-c2cncc(O)c2)cc(OC)c1C=O. The number of hydrogen-bond donors (Lipinski definition) is 1. The lowest BCUT2D eigenvalue weighted by atomic mass is 10.0. The van der Waals surface area contributed by atoms with Gasteiger partial charge in [0.15, 0.2) is 6.29 Å². The van der Waals surface area contributed by atoms with Crippen LogP contribution in [0.3, 0.4) is 0 Å². The molecule has 2 aromatic rings. The third-order valence-corrected chi connectivity index (χ3v) is 2.72. The van der Waals surface area contributed by atoms with Crippen molar-refractivity contribution >= 4 is 6.29 Å². The molecule has 5 heteroatoms. The molecule has 0 atom stereocenters. The van der Waals surface area contributed by atoms with E-state index in [-0.39, 0.29) is 5.75 Å². The molecular formula is C14H13NO4. The van der Waals surface area contributed by atoms with Crippen LogP contribution in [0.2, 0.25) is 0 Å². The summed E-state index contributed by atoms with van der Waals surface area (Å²) in [4.78, 5) is 15.0. The van der Waals surface area contributed by atoms with Crippen LogP contribution in [-0.4, -0.2) is 30.6 Å². The van der Waals surface area contributed by atoms with Crippen molar-refractivity contribution in [1.82, 2.24) is 4.98 Å². The maximum atomic E-state index is 11.1. The smallest absolute Gasteiger partial charge is 0.157 e. The van der Waals surface area contributed by atoms with Gasteiger partial charge in [-0.1, -0.05) is 0 Å². The van der Waals surface area contributed by atoms with Crippen LogP contribution in [0, 0.1) is 0 Å². The first-order chi connectivity index (χ1) is 9.19.